The van der Waals surface area contributed by atoms with E-state index in [-0.39, 0.29) is 21.9 Å². The van der Waals surface area contributed by atoms with Crippen LogP contribution in [0.2, 0.25) is 0 Å². The third kappa shape index (κ3) is 4.46. The molecule has 0 radical (unpaired) electrons. The van der Waals surface area contributed by atoms with Gasteiger partial charge < -0.3 is 4.57 Å². The first-order valence-corrected chi connectivity index (χ1v) is 9.66. The first-order valence-electron chi connectivity index (χ1n) is 7.24. The third-order valence-electron chi connectivity index (χ3n) is 3.58. The fourth-order valence-electron chi connectivity index (χ4n) is 2.41. The smallest absolute Gasteiger partial charge is 0.238 e. The zero-order valence-corrected chi connectivity index (χ0v) is 17.1. The second-order valence-corrected chi connectivity index (χ2v) is 7.89. The van der Waals surface area contributed by atoms with Gasteiger partial charge in [0.15, 0.2) is 4.80 Å². The predicted octanol–water partition coefficient (Wildman–Crippen LogP) is 3.52. The van der Waals surface area contributed by atoms with Crippen LogP contribution in [-0.2, 0) is 17.1 Å². The molecule has 0 bridgehead atoms. The van der Waals surface area contributed by atoms with Crippen molar-refractivity contribution in [2.24, 2.45) is 17.2 Å². The summed E-state index contributed by atoms with van der Waals surface area (Å²) in [5.41, 5.74) is 3.40. The molecule has 0 saturated carbocycles. The molecule has 0 unspecified atom stereocenters. The second kappa shape index (κ2) is 7.65. The average Bonchev–Trinajstić information content (AvgIpc) is 2.88. The van der Waals surface area contributed by atoms with E-state index in [0.29, 0.717) is 0 Å². The van der Waals surface area contributed by atoms with Crippen molar-refractivity contribution in [1.29, 1.82) is 0 Å². The molecule has 0 aliphatic rings. The number of nitrogens with zero attached hydrogens (tertiary/aromatic N) is 2. The number of primary sulfonamides is 1. The van der Waals surface area contributed by atoms with Crippen molar-refractivity contribution in [2.75, 3.05) is 0 Å². The van der Waals surface area contributed by atoms with Crippen LogP contribution in [-0.4, -0.2) is 13.0 Å². The summed E-state index contributed by atoms with van der Waals surface area (Å²) in [5.74, 6) is 0. The maximum atomic E-state index is 11.7. The van der Waals surface area contributed by atoms with Crippen molar-refractivity contribution in [3.05, 3.63) is 64.3 Å². The van der Waals surface area contributed by atoms with Crippen LogP contribution in [0.5, 0.6) is 0 Å². The number of benzene rings is 2. The Morgan fingerprint density at radius 2 is 1.80 bits per heavy atom. The largest absolute Gasteiger partial charge is 0.320 e. The molecule has 3 rings (SSSR count). The van der Waals surface area contributed by atoms with Crippen molar-refractivity contribution in [3.8, 4) is 11.3 Å². The molecule has 0 fully saturated rings. The summed E-state index contributed by atoms with van der Waals surface area (Å²) in [7, 11) is -1.83. The first-order chi connectivity index (χ1) is 11.3. The van der Waals surface area contributed by atoms with E-state index in [4.69, 9.17) is 5.14 Å². The summed E-state index contributed by atoms with van der Waals surface area (Å²) in [6.07, 6.45) is 0. The molecular weight excluding hydrogens is 422 g/mol. The van der Waals surface area contributed by atoms with Crippen LogP contribution >= 0.6 is 28.3 Å². The van der Waals surface area contributed by atoms with Gasteiger partial charge in [0.25, 0.3) is 0 Å². The molecule has 0 saturated heterocycles. The predicted molar refractivity (Wildman–Crippen MR) is 107 cm³/mol. The summed E-state index contributed by atoms with van der Waals surface area (Å²) in [5, 5.41) is 7.23. The lowest BCUT2D eigenvalue weighted by Crippen LogP contribution is -2.13. The molecule has 2 N–H and O–H groups in total. The SMILES string of the molecule is Br.Cc1cc(-c2cs/c(=N/c3ccccc3)n2C)cc(S(N)(=O)=O)c1. The van der Waals surface area contributed by atoms with Gasteiger partial charge in [0.2, 0.25) is 10.0 Å². The minimum atomic E-state index is -3.74. The average molecular weight is 440 g/mol. The number of rotatable bonds is 3. The number of aryl methyl sites for hydroxylation is 1. The lowest BCUT2D eigenvalue weighted by atomic mass is 10.1. The highest BCUT2D eigenvalue weighted by Gasteiger charge is 2.12. The van der Waals surface area contributed by atoms with E-state index in [9.17, 15) is 8.42 Å². The van der Waals surface area contributed by atoms with E-state index < -0.39 is 10.0 Å². The Bertz CT molecular complexity index is 1050. The second-order valence-electron chi connectivity index (χ2n) is 5.49. The molecule has 0 amide bonds. The minimum Gasteiger partial charge on any atom is -0.320 e. The molecule has 0 aliphatic heterocycles. The van der Waals surface area contributed by atoms with Gasteiger partial charge in [0.05, 0.1) is 16.3 Å². The molecule has 132 valence electrons. The third-order valence-corrected chi connectivity index (χ3v) is 5.39. The fraction of sp³-hybridized carbons (Fsp3) is 0.118. The Hall–Kier alpha value is -1.74. The molecule has 1 heterocycles. The number of halogens is 1. The Balaban J connectivity index is 0.00000225. The highest BCUT2D eigenvalue weighted by atomic mass is 79.9. The van der Waals surface area contributed by atoms with Gasteiger partial charge in [-0.1, -0.05) is 18.2 Å². The number of nitrogens with two attached hydrogens (primary N) is 1. The van der Waals surface area contributed by atoms with Crippen LogP contribution < -0.4 is 9.94 Å². The number of hydrogen-bond acceptors (Lipinski definition) is 4. The van der Waals surface area contributed by atoms with E-state index >= 15 is 0 Å². The van der Waals surface area contributed by atoms with E-state index in [1.807, 2.05) is 60.3 Å². The van der Waals surface area contributed by atoms with Crippen LogP contribution in [0.15, 0.2) is 63.8 Å². The van der Waals surface area contributed by atoms with Gasteiger partial charge in [-0.05, 0) is 42.8 Å². The Morgan fingerprint density at radius 1 is 1.12 bits per heavy atom. The lowest BCUT2D eigenvalue weighted by Gasteiger charge is -2.07. The van der Waals surface area contributed by atoms with Crippen molar-refractivity contribution in [2.45, 2.75) is 11.8 Å². The number of sulfonamides is 1. The maximum Gasteiger partial charge on any atom is 0.238 e. The Kier molecular flexibility index (Phi) is 5.99. The van der Waals surface area contributed by atoms with Gasteiger partial charge in [-0.3, -0.25) is 0 Å². The van der Waals surface area contributed by atoms with Crippen molar-refractivity contribution in [3.63, 3.8) is 0 Å². The normalized spacial score (nSPS) is 12.0. The molecule has 8 heteroatoms. The van der Waals surface area contributed by atoms with Crippen LogP contribution in [0.4, 0.5) is 5.69 Å². The molecule has 0 aliphatic carbocycles. The van der Waals surface area contributed by atoms with Crippen molar-refractivity contribution in [1.82, 2.24) is 4.57 Å². The molecule has 1 aromatic heterocycles. The fourth-order valence-corrected chi connectivity index (χ4v) is 3.97. The molecule has 2 aromatic carbocycles. The van der Waals surface area contributed by atoms with Gasteiger partial charge >= 0.3 is 0 Å². The minimum absolute atomic E-state index is 0. The van der Waals surface area contributed by atoms with E-state index in [0.717, 1.165) is 27.3 Å². The number of para-hydroxylation sites is 1. The number of hydrogen-bond donors (Lipinski definition) is 1. The van der Waals surface area contributed by atoms with E-state index in [2.05, 4.69) is 4.99 Å². The molecule has 0 atom stereocenters. The highest BCUT2D eigenvalue weighted by molar-refractivity contribution is 8.93. The molecule has 0 spiro atoms. The van der Waals surface area contributed by atoms with Gasteiger partial charge in [0, 0.05) is 18.0 Å². The van der Waals surface area contributed by atoms with E-state index in [1.165, 1.54) is 11.3 Å². The van der Waals surface area contributed by atoms with Crippen molar-refractivity contribution >= 4 is 44.0 Å². The van der Waals surface area contributed by atoms with Gasteiger partial charge in [0.1, 0.15) is 0 Å². The number of thiazole rings is 1. The van der Waals surface area contributed by atoms with Crippen LogP contribution in [0.3, 0.4) is 0 Å². The zero-order valence-electron chi connectivity index (χ0n) is 13.7. The maximum absolute atomic E-state index is 11.7. The lowest BCUT2D eigenvalue weighted by molar-refractivity contribution is 0.597. The molecule has 3 aromatic rings. The standard InChI is InChI=1S/C17H17N3O2S2.BrH/c1-12-8-13(10-15(9-12)24(18,21)22)16-11-23-17(20(16)2)19-14-6-4-3-5-7-14;/h3-11H,1-2H3,(H2,18,21,22);1H/b19-17+;. The van der Waals surface area contributed by atoms with E-state index in [1.54, 1.807) is 12.1 Å². The summed E-state index contributed by atoms with van der Waals surface area (Å²) in [4.78, 5) is 5.56. The number of aromatic nitrogens is 1. The summed E-state index contributed by atoms with van der Waals surface area (Å²) >= 11 is 1.50. The topological polar surface area (TPSA) is 77.5 Å². The highest BCUT2D eigenvalue weighted by Crippen LogP contribution is 2.24. The van der Waals surface area contributed by atoms with Gasteiger partial charge in [-0.15, -0.1) is 28.3 Å². The Morgan fingerprint density at radius 3 is 2.44 bits per heavy atom. The molecular formula is C17H18BrN3O2S2. The molecule has 25 heavy (non-hydrogen) atoms. The van der Waals surface area contributed by atoms with Gasteiger partial charge in [-0.2, -0.15) is 0 Å². The van der Waals surface area contributed by atoms with Crippen molar-refractivity contribution < 1.29 is 8.42 Å². The summed E-state index contributed by atoms with van der Waals surface area (Å²) in [6.45, 7) is 1.85. The van der Waals surface area contributed by atoms with Crippen LogP contribution in [0.1, 0.15) is 5.56 Å². The first kappa shape index (κ1) is 19.6. The Labute approximate surface area is 161 Å². The zero-order chi connectivity index (χ0) is 17.3. The summed E-state index contributed by atoms with van der Waals surface area (Å²) in [6, 6.07) is 14.8. The summed E-state index contributed by atoms with van der Waals surface area (Å²) < 4.78 is 25.3. The van der Waals surface area contributed by atoms with Gasteiger partial charge in [-0.25, -0.2) is 18.5 Å². The van der Waals surface area contributed by atoms with Crippen LogP contribution in [0, 0.1) is 6.92 Å². The van der Waals surface area contributed by atoms with Crippen LogP contribution in [0.25, 0.3) is 11.3 Å². The quantitative estimate of drug-likeness (QED) is 0.677. The molecule has 5 nitrogen and oxygen atoms in total. The monoisotopic (exact) mass is 439 g/mol.